The number of thiazole rings is 1. The predicted octanol–water partition coefficient (Wildman–Crippen LogP) is 4.08. The largest absolute Gasteiger partial charge is 0.340 e. The minimum Gasteiger partial charge on any atom is -0.340 e. The molecule has 0 fully saturated rings. The Morgan fingerprint density at radius 1 is 1.08 bits per heavy atom. The van der Waals surface area contributed by atoms with Crippen LogP contribution >= 0.6 is 11.3 Å². The Balaban J connectivity index is 1.76. The van der Waals surface area contributed by atoms with Crippen LogP contribution in [0.15, 0.2) is 54.6 Å². The second-order valence-corrected chi connectivity index (χ2v) is 7.21. The highest BCUT2D eigenvalue weighted by Crippen LogP contribution is 2.25. The lowest BCUT2D eigenvalue weighted by molar-refractivity contribution is -0.119. The molecule has 0 aliphatic heterocycles. The normalized spacial score (nSPS) is 13.2. The van der Waals surface area contributed by atoms with Crippen LogP contribution in [0.2, 0.25) is 0 Å². The summed E-state index contributed by atoms with van der Waals surface area (Å²) in [6.07, 6.45) is 0.771. The Morgan fingerprint density at radius 2 is 1.77 bits per heavy atom. The number of hydrogen-bond acceptors (Lipinski definition) is 4. The van der Waals surface area contributed by atoms with E-state index in [1.54, 1.807) is 24.3 Å². The Morgan fingerprint density at radius 3 is 2.46 bits per heavy atom. The molecule has 2 N–H and O–H groups in total. The van der Waals surface area contributed by atoms with Crippen LogP contribution in [0.3, 0.4) is 0 Å². The lowest BCUT2D eigenvalue weighted by Gasteiger charge is -2.23. The molecule has 2 atom stereocenters. The van der Waals surface area contributed by atoms with Gasteiger partial charge in [0.25, 0.3) is 5.91 Å². The van der Waals surface area contributed by atoms with Gasteiger partial charge in [-0.25, -0.2) is 4.98 Å². The van der Waals surface area contributed by atoms with Crippen molar-refractivity contribution in [3.63, 3.8) is 0 Å². The summed E-state index contributed by atoms with van der Waals surface area (Å²) >= 11 is 1.42. The standard InChI is InChI=1S/C20H21N3O2S/c1-3-13(2)17(22-18(24)14-9-5-4-6-10-14)19(25)23-20-21-15-11-7-8-12-16(15)26-20/h4-13,17H,3H2,1-2H3,(H,22,24)(H,21,23,25)/t13-,17-/m0/s1. The Kier molecular flexibility index (Phi) is 5.63. The first-order chi connectivity index (χ1) is 12.6. The molecule has 5 nitrogen and oxygen atoms in total. The zero-order valence-electron chi connectivity index (χ0n) is 14.7. The van der Waals surface area contributed by atoms with E-state index in [4.69, 9.17) is 0 Å². The molecule has 6 heteroatoms. The molecule has 0 saturated heterocycles. The SMILES string of the molecule is CC[C@H](C)[C@H](NC(=O)c1ccccc1)C(=O)Nc1nc2ccccc2s1. The molecule has 0 radical (unpaired) electrons. The third-order valence-electron chi connectivity index (χ3n) is 4.34. The van der Waals surface area contributed by atoms with E-state index < -0.39 is 6.04 Å². The van der Waals surface area contributed by atoms with Crippen molar-refractivity contribution in [2.24, 2.45) is 5.92 Å². The number of rotatable bonds is 6. The molecular formula is C20H21N3O2S. The Hall–Kier alpha value is -2.73. The summed E-state index contributed by atoms with van der Waals surface area (Å²) in [6.45, 7) is 3.95. The molecular weight excluding hydrogens is 346 g/mol. The van der Waals surface area contributed by atoms with E-state index in [9.17, 15) is 9.59 Å². The maximum atomic E-state index is 12.8. The highest BCUT2D eigenvalue weighted by Gasteiger charge is 2.27. The van der Waals surface area contributed by atoms with Crippen molar-refractivity contribution in [2.75, 3.05) is 5.32 Å². The van der Waals surface area contributed by atoms with Crippen LogP contribution in [0.1, 0.15) is 30.6 Å². The second-order valence-electron chi connectivity index (χ2n) is 6.18. The molecule has 134 valence electrons. The summed E-state index contributed by atoms with van der Waals surface area (Å²) in [5.74, 6) is -0.505. The van der Waals surface area contributed by atoms with E-state index in [-0.39, 0.29) is 17.7 Å². The van der Waals surface area contributed by atoms with Gasteiger partial charge in [-0.3, -0.25) is 9.59 Å². The molecule has 3 rings (SSSR count). The van der Waals surface area contributed by atoms with Gasteiger partial charge in [0, 0.05) is 5.56 Å². The lowest BCUT2D eigenvalue weighted by atomic mass is 9.98. The molecule has 0 aliphatic carbocycles. The third kappa shape index (κ3) is 4.08. The summed E-state index contributed by atoms with van der Waals surface area (Å²) in [5, 5.41) is 6.26. The molecule has 0 spiro atoms. The zero-order valence-corrected chi connectivity index (χ0v) is 15.5. The van der Waals surface area contributed by atoms with Gasteiger partial charge in [-0.2, -0.15) is 0 Å². The topological polar surface area (TPSA) is 71.1 Å². The van der Waals surface area contributed by atoms with Crippen molar-refractivity contribution >= 4 is 38.5 Å². The number of para-hydroxylation sites is 1. The molecule has 0 bridgehead atoms. The van der Waals surface area contributed by atoms with Crippen molar-refractivity contribution in [3.8, 4) is 0 Å². The molecule has 1 heterocycles. The fourth-order valence-electron chi connectivity index (χ4n) is 2.62. The molecule has 2 aromatic carbocycles. The van der Waals surface area contributed by atoms with Crippen LogP contribution in [0.25, 0.3) is 10.2 Å². The third-order valence-corrected chi connectivity index (χ3v) is 5.29. The molecule has 0 unspecified atom stereocenters. The van der Waals surface area contributed by atoms with Crippen LogP contribution in [0, 0.1) is 5.92 Å². The number of nitrogens with zero attached hydrogens (tertiary/aromatic N) is 1. The van der Waals surface area contributed by atoms with Gasteiger partial charge in [-0.15, -0.1) is 0 Å². The number of nitrogens with one attached hydrogen (secondary N) is 2. The molecule has 1 aromatic heterocycles. The van der Waals surface area contributed by atoms with Gasteiger partial charge < -0.3 is 10.6 Å². The van der Waals surface area contributed by atoms with Crippen molar-refractivity contribution in [1.29, 1.82) is 0 Å². The first kappa shape index (κ1) is 18.1. The monoisotopic (exact) mass is 367 g/mol. The number of aromatic nitrogens is 1. The van der Waals surface area contributed by atoms with Gasteiger partial charge >= 0.3 is 0 Å². The number of hydrogen-bond donors (Lipinski definition) is 2. The summed E-state index contributed by atoms with van der Waals surface area (Å²) in [7, 11) is 0. The number of benzene rings is 2. The van der Waals surface area contributed by atoms with Gasteiger partial charge in [0.1, 0.15) is 6.04 Å². The smallest absolute Gasteiger partial charge is 0.251 e. The second kappa shape index (κ2) is 8.10. The quantitative estimate of drug-likeness (QED) is 0.690. The first-order valence-corrected chi connectivity index (χ1v) is 9.42. The molecule has 0 saturated carbocycles. The van der Waals surface area contributed by atoms with Crippen molar-refractivity contribution in [1.82, 2.24) is 10.3 Å². The minimum absolute atomic E-state index is 0.00274. The average Bonchev–Trinajstić information content (AvgIpc) is 3.08. The molecule has 2 amide bonds. The number of fused-ring (bicyclic) bond motifs is 1. The highest BCUT2D eigenvalue weighted by atomic mass is 32.1. The Labute approximate surface area is 156 Å². The van der Waals surface area contributed by atoms with E-state index in [1.165, 1.54) is 11.3 Å². The highest BCUT2D eigenvalue weighted by molar-refractivity contribution is 7.22. The minimum atomic E-state index is -0.625. The maximum absolute atomic E-state index is 12.8. The van der Waals surface area contributed by atoms with E-state index >= 15 is 0 Å². The first-order valence-electron chi connectivity index (χ1n) is 8.61. The fraction of sp³-hybridized carbons (Fsp3) is 0.250. The summed E-state index contributed by atoms with van der Waals surface area (Å²) in [5.41, 5.74) is 1.38. The van der Waals surface area contributed by atoms with Crippen molar-refractivity contribution < 1.29 is 9.59 Å². The molecule has 0 aliphatic rings. The van der Waals surface area contributed by atoms with Crippen LogP contribution in [-0.4, -0.2) is 22.8 Å². The maximum Gasteiger partial charge on any atom is 0.251 e. The van der Waals surface area contributed by atoms with Gasteiger partial charge in [-0.1, -0.05) is 61.9 Å². The zero-order chi connectivity index (χ0) is 18.5. The van der Waals surface area contributed by atoms with E-state index in [2.05, 4.69) is 15.6 Å². The summed E-state index contributed by atoms with van der Waals surface area (Å²) < 4.78 is 1.01. The van der Waals surface area contributed by atoms with Crippen LogP contribution < -0.4 is 10.6 Å². The number of carbonyl (C=O) groups excluding carboxylic acids is 2. The van der Waals surface area contributed by atoms with E-state index in [0.717, 1.165) is 16.6 Å². The average molecular weight is 367 g/mol. The number of anilines is 1. The number of amides is 2. The summed E-state index contributed by atoms with van der Waals surface area (Å²) in [6, 6.07) is 16.0. The van der Waals surface area contributed by atoms with Gasteiger partial charge in [-0.05, 0) is 30.2 Å². The fourth-order valence-corrected chi connectivity index (χ4v) is 3.49. The molecule has 26 heavy (non-hydrogen) atoms. The predicted molar refractivity (Wildman–Crippen MR) is 105 cm³/mol. The van der Waals surface area contributed by atoms with Gasteiger partial charge in [0.15, 0.2) is 5.13 Å². The van der Waals surface area contributed by atoms with Crippen LogP contribution in [0.4, 0.5) is 5.13 Å². The van der Waals surface area contributed by atoms with Crippen LogP contribution in [0.5, 0.6) is 0 Å². The van der Waals surface area contributed by atoms with Gasteiger partial charge in [0.05, 0.1) is 10.2 Å². The number of carbonyl (C=O) groups is 2. The summed E-state index contributed by atoms with van der Waals surface area (Å²) in [4.78, 5) is 29.7. The van der Waals surface area contributed by atoms with E-state index in [0.29, 0.717) is 10.7 Å². The van der Waals surface area contributed by atoms with Crippen molar-refractivity contribution in [3.05, 3.63) is 60.2 Å². The Bertz CT molecular complexity index is 875. The van der Waals surface area contributed by atoms with E-state index in [1.807, 2.05) is 44.2 Å². The van der Waals surface area contributed by atoms with Gasteiger partial charge in [0.2, 0.25) is 5.91 Å². The molecule has 3 aromatic rings. The lowest BCUT2D eigenvalue weighted by Crippen LogP contribution is -2.47. The van der Waals surface area contributed by atoms with Crippen molar-refractivity contribution in [2.45, 2.75) is 26.3 Å². The van der Waals surface area contributed by atoms with Crippen LogP contribution in [-0.2, 0) is 4.79 Å².